The van der Waals surface area contributed by atoms with Crippen molar-refractivity contribution in [2.75, 3.05) is 6.54 Å². The van der Waals surface area contributed by atoms with Crippen LogP contribution in [0.2, 0.25) is 0 Å². The molecule has 0 aliphatic carbocycles. The molecule has 3 nitrogen and oxygen atoms in total. The average molecular weight is 490 g/mol. The predicted molar refractivity (Wildman–Crippen MR) is 144 cm³/mol. The molecule has 0 aromatic rings. The Balaban J connectivity index is 0. The molecule has 1 N–H and O–H groups in total. The number of hydrogen-bond donors (Lipinski definition) is 1. The molecule has 0 radical (unpaired) electrons. The van der Waals surface area contributed by atoms with Gasteiger partial charge in [-0.15, -0.1) is 0 Å². The molecule has 1 atom stereocenters. The van der Waals surface area contributed by atoms with Gasteiger partial charge in [0.2, 0.25) is 0 Å². The van der Waals surface area contributed by atoms with Crippen molar-refractivity contribution in [3.63, 3.8) is 0 Å². The van der Waals surface area contributed by atoms with E-state index >= 15 is 0 Å². The van der Waals surface area contributed by atoms with Gasteiger partial charge in [0, 0.05) is 6.04 Å². The summed E-state index contributed by atoms with van der Waals surface area (Å²) in [6.07, 6.45) is 32.5. The number of unbranched alkanes of at least 4 members (excludes halogenated alkanes) is 22. The first kappa shape index (κ1) is 36.6. The first-order valence-corrected chi connectivity index (χ1v) is 15.2. The van der Waals surface area contributed by atoms with Crippen LogP contribution in [0.25, 0.3) is 0 Å². The van der Waals surface area contributed by atoms with E-state index in [2.05, 4.69) is 19.2 Å². The molecule has 0 aliphatic heterocycles. The molecule has 0 heterocycles. The summed E-state index contributed by atoms with van der Waals surface area (Å²) in [4.78, 5) is 11.4. The molecule has 0 amide bonds. The summed E-state index contributed by atoms with van der Waals surface area (Å²) in [7, 11) is 0. The van der Waals surface area contributed by atoms with Crippen LogP contribution in [0.3, 0.4) is 0 Å². The van der Waals surface area contributed by atoms with Crippen molar-refractivity contribution in [1.82, 2.24) is 5.32 Å². The summed E-state index contributed by atoms with van der Waals surface area (Å²) in [5.74, 6) is -0.920. The van der Waals surface area contributed by atoms with Gasteiger partial charge in [-0.3, -0.25) is 0 Å². The fourth-order valence-corrected chi connectivity index (χ4v) is 4.73. The van der Waals surface area contributed by atoms with Crippen LogP contribution in [-0.2, 0) is 4.79 Å². The number of carboxylic acid groups (broad SMARTS) is 1. The topological polar surface area (TPSA) is 52.2 Å². The fraction of sp³-hybridized carbons (Fsp3) is 0.967. The molecule has 0 rings (SSSR count). The first-order chi connectivity index (χ1) is 16.2. The van der Waals surface area contributed by atoms with Gasteiger partial charge in [-0.1, -0.05) is 162 Å². The second-order valence-electron chi connectivity index (χ2n) is 10.4. The van der Waals surface area contributed by atoms with E-state index in [1.807, 2.05) is 0 Å². The third-order valence-electron chi connectivity index (χ3n) is 7.05. The molecule has 0 aromatic heterocycles. The first-order valence-electron chi connectivity index (χ1n) is 15.2. The van der Waals surface area contributed by atoms with Gasteiger partial charge >= 0.3 is 29.6 Å². The van der Waals surface area contributed by atoms with Crippen molar-refractivity contribution in [2.45, 2.75) is 180 Å². The van der Waals surface area contributed by atoms with E-state index in [0.29, 0.717) is 0 Å². The molecule has 0 saturated carbocycles. The molecule has 0 aromatic carbocycles. The number of hydrogen-bond acceptors (Lipinski definition) is 3. The molecule has 0 aliphatic rings. The standard InChI is InChI=1S/C30H61NO2.Na/c1-3-5-7-9-11-13-15-16-17-18-19-21-23-25-27-29(30(32)33)31-28-26-24-22-20-14-12-10-8-6-4-2;/h29,31H,3-28H2,1-2H3,(H,32,33);/q;+1/p-1. The third-order valence-corrected chi connectivity index (χ3v) is 7.05. The molecular weight excluding hydrogens is 429 g/mol. The Morgan fingerprint density at radius 1 is 0.529 bits per heavy atom. The molecular formula is C30H60NNaO2. The van der Waals surface area contributed by atoms with Gasteiger partial charge in [0.25, 0.3) is 0 Å². The summed E-state index contributed by atoms with van der Waals surface area (Å²) in [5.41, 5.74) is 0. The Hall–Kier alpha value is 0.430. The van der Waals surface area contributed by atoms with Gasteiger partial charge in [0.15, 0.2) is 0 Å². The number of carbonyl (C=O) groups is 1. The minimum Gasteiger partial charge on any atom is -0.548 e. The molecule has 1 unspecified atom stereocenters. The van der Waals surface area contributed by atoms with E-state index in [1.165, 1.54) is 135 Å². The van der Waals surface area contributed by atoms with E-state index in [0.717, 1.165) is 32.2 Å². The summed E-state index contributed by atoms with van der Waals surface area (Å²) in [6, 6.07) is -0.458. The smallest absolute Gasteiger partial charge is 0.548 e. The van der Waals surface area contributed by atoms with Crippen LogP contribution in [0, 0.1) is 0 Å². The summed E-state index contributed by atoms with van der Waals surface area (Å²) in [6.45, 7) is 5.35. The van der Waals surface area contributed by atoms with Crippen molar-refractivity contribution in [2.24, 2.45) is 0 Å². The zero-order valence-electron chi connectivity index (χ0n) is 23.8. The largest absolute Gasteiger partial charge is 1.00 e. The number of carboxylic acids is 1. The van der Waals surface area contributed by atoms with Crippen LogP contribution < -0.4 is 40.0 Å². The molecule has 0 spiro atoms. The molecule has 198 valence electrons. The van der Waals surface area contributed by atoms with Gasteiger partial charge in [-0.2, -0.15) is 0 Å². The van der Waals surface area contributed by atoms with Gasteiger partial charge in [0.1, 0.15) is 0 Å². The van der Waals surface area contributed by atoms with Gasteiger partial charge in [0.05, 0.1) is 5.97 Å². The maximum absolute atomic E-state index is 11.4. The van der Waals surface area contributed by atoms with Crippen LogP contribution in [0.4, 0.5) is 0 Å². The molecule has 0 bridgehead atoms. The van der Waals surface area contributed by atoms with Gasteiger partial charge < -0.3 is 15.2 Å². The van der Waals surface area contributed by atoms with E-state index in [-0.39, 0.29) is 29.6 Å². The maximum Gasteiger partial charge on any atom is 1.00 e. The second kappa shape index (κ2) is 31.5. The number of carbonyl (C=O) groups excluding carboxylic acids is 1. The second-order valence-corrected chi connectivity index (χ2v) is 10.4. The van der Waals surface area contributed by atoms with Gasteiger partial charge in [-0.25, -0.2) is 0 Å². The Kier molecular flexibility index (Phi) is 33.9. The number of rotatable bonds is 28. The van der Waals surface area contributed by atoms with Crippen molar-refractivity contribution in [3.8, 4) is 0 Å². The average Bonchev–Trinajstić information content (AvgIpc) is 2.81. The van der Waals surface area contributed by atoms with E-state index in [4.69, 9.17) is 0 Å². The minimum absolute atomic E-state index is 0. The van der Waals surface area contributed by atoms with Crippen LogP contribution >= 0.6 is 0 Å². The number of nitrogens with one attached hydrogen (secondary N) is 1. The molecule has 0 saturated heterocycles. The van der Waals surface area contributed by atoms with Crippen LogP contribution in [0.1, 0.15) is 174 Å². The maximum atomic E-state index is 11.4. The van der Waals surface area contributed by atoms with Gasteiger partial charge in [-0.05, 0) is 19.4 Å². The Morgan fingerprint density at radius 3 is 1.15 bits per heavy atom. The summed E-state index contributed by atoms with van der Waals surface area (Å²) in [5, 5.41) is 14.6. The van der Waals surface area contributed by atoms with Crippen LogP contribution in [0.5, 0.6) is 0 Å². The van der Waals surface area contributed by atoms with Crippen molar-refractivity contribution >= 4 is 5.97 Å². The Morgan fingerprint density at radius 2 is 0.824 bits per heavy atom. The molecule has 0 fully saturated rings. The zero-order valence-corrected chi connectivity index (χ0v) is 25.8. The SMILES string of the molecule is CCCCCCCCCCCCCCCCC(NCCCCCCCCCCCC)C(=O)[O-].[Na+]. The Bertz CT molecular complexity index is 392. The molecule has 4 heteroatoms. The Labute approximate surface area is 236 Å². The zero-order chi connectivity index (χ0) is 24.2. The monoisotopic (exact) mass is 489 g/mol. The van der Waals surface area contributed by atoms with E-state index < -0.39 is 12.0 Å². The minimum atomic E-state index is -0.920. The molecule has 34 heavy (non-hydrogen) atoms. The van der Waals surface area contributed by atoms with Crippen molar-refractivity contribution < 1.29 is 39.5 Å². The normalized spacial score (nSPS) is 11.9. The van der Waals surface area contributed by atoms with Crippen molar-refractivity contribution in [3.05, 3.63) is 0 Å². The third kappa shape index (κ3) is 28.7. The predicted octanol–water partition coefficient (Wildman–Crippen LogP) is 5.49. The van der Waals surface area contributed by atoms with Crippen LogP contribution in [-0.4, -0.2) is 18.6 Å². The summed E-state index contributed by atoms with van der Waals surface area (Å²) < 4.78 is 0. The summed E-state index contributed by atoms with van der Waals surface area (Å²) >= 11 is 0. The van der Waals surface area contributed by atoms with E-state index in [1.54, 1.807) is 0 Å². The van der Waals surface area contributed by atoms with Crippen molar-refractivity contribution in [1.29, 1.82) is 0 Å². The van der Waals surface area contributed by atoms with E-state index in [9.17, 15) is 9.90 Å². The van der Waals surface area contributed by atoms with Crippen LogP contribution in [0.15, 0.2) is 0 Å². The fourth-order valence-electron chi connectivity index (χ4n) is 4.73. The number of aliphatic carboxylic acids is 1. The quantitative estimate of drug-likeness (QED) is 0.117.